The van der Waals surface area contributed by atoms with Gasteiger partial charge in [0, 0.05) is 4.47 Å². The van der Waals surface area contributed by atoms with Gasteiger partial charge in [-0.1, -0.05) is 0 Å². The van der Waals surface area contributed by atoms with E-state index in [2.05, 4.69) is 21.0 Å². The molecule has 2 heterocycles. The summed E-state index contributed by atoms with van der Waals surface area (Å²) in [6.45, 7) is 3.35. The molecule has 0 aliphatic heterocycles. The monoisotopic (exact) mass is 282 g/mol. The number of carbonyl (C=O) groups excluding carboxylic acids is 1. The third-order valence-electron chi connectivity index (χ3n) is 2.37. The Morgan fingerprint density at radius 1 is 1.50 bits per heavy atom. The van der Waals surface area contributed by atoms with Gasteiger partial charge in [0.05, 0.1) is 23.0 Å². The highest BCUT2D eigenvalue weighted by molar-refractivity contribution is 9.10. The molecule has 0 aliphatic carbocycles. The second-order valence-corrected chi connectivity index (χ2v) is 4.96. The highest BCUT2D eigenvalue weighted by Crippen LogP contribution is 2.29. The Morgan fingerprint density at radius 2 is 2.19 bits per heavy atom. The molecule has 2 aromatic rings. The summed E-state index contributed by atoms with van der Waals surface area (Å²) >= 11 is 3.38. The van der Waals surface area contributed by atoms with Crippen molar-refractivity contribution in [2.24, 2.45) is 0 Å². The molecule has 0 spiro atoms. The average Bonchev–Trinajstić information content (AvgIpc) is 2.57. The van der Waals surface area contributed by atoms with Crippen LogP contribution >= 0.6 is 15.9 Å². The molecule has 0 aliphatic rings. The number of rotatable bonds is 2. The van der Waals surface area contributed by atoms with Crippen molar-refractivity contribution in [1.82, 2.24) is 9.61 Å². The van der Waals surface area contributed by atoms with Crippen molar-refractivity contribution in [3.63, 3.8) is 0 Å². The van der Waals surface area contributed by atoms with Crippen molar-refractivity contribution in [2.45, 2.75) is 19.4 Å². The number of aldehydes is 1. The highest BCUT2D eigenvalue weighted by Gasteiger charge is 2.24. The van der Waals surface area contributed by atoms with E-state index in [4.69, 9.17) is 0 Å². The van der Waals surface area contributed by atoms with Gasteiger partial charge >= 0.3 is 0 Å². The van der Waals surface area contributed by atoms with Crippen molar-refractivity contribution in [3.8, 4) is 0 Å². The fourth-order valence-corrected chi connectivity index (χ4v) is 2.48. The minimum absolute atomic E-state index is 0.512. The number of hydrogen-bond donors (Lipinski definition) is 1. The van der Waals surface area contributed by atoms with E-state index < -0.39 is 5.60 Å². The average molecular weight is 283 g/mol. The first kappa shape index (κ1) is 11.3. The quantitative estimate of drug-likeness (QED) is 0.859. The van der Waals surface area contributed by atoms with Crippen LogP contribution in [-0.2, 0) is 5.60 Å². The minimum atomic E-state index is -1.04. The van der Waals surface area contributed by atoms with Crippen molar-refractivity contribution in [2.75, 3.05) is 0 Å². The van der Waals surface area contributed by atoms with E-state index in [0.717, 1.165) is 10.8 Å². The Kier molecular flexibility index (Phi) is 2.59. The van der Waals surface area contributed by atoms with Crippen LogP contribution in [0.5, 0.6) is 0 Å². The summed E-state index contributed by atoms with van der Waals surface area (Å²) in [5.74, 6) is 0. The Hall–Kier alpha value is -1.20. The number of pyridine rings is 1. The van der Waals surface area contributed by atoms with E-state index in [1.807, 2.05) is 0 Å². The topological polar surface area (TPSA) is 54.6 Å². The van der Waals surface area contributed by atoms with E-state index in [1.165, 1.54) is 6.20 Å². The molecule has 0 aromatic carbocycles. The number of nitrogens with zero attached hydrogens (tertiary/aromatic N) is 2. The molecule has 0 saturated heterocycles. The van der Waals surface area contributed by atoms with E-state index in [9.17, 15) is 9.90 Å². The second-order valence-electron chi connectivity index (χ2n) is 4.10. The molecule has 0 amide bonds. The molecule has 5 heteroatoms. The number of aromatic nitrogens is 2. The third-order valence-corrected chi connectivity index (χ3v) is 3.01. The van der Waals surface area contributed by atoms with Gasteiger partial charge in [-0.25, -0.2) is 4.52 Å². The summed E-state index contributed by atoms with van der Waals surface area (Å²) in [4.78, 5) is 10.8. The van der Waals surface area contributed by atoms with Gasteiger partial charge in [-0.3, -0.25) is 4.79 Å². The van der Waals surface area contributed by atoms with E-state index in [0.29, 0.717) is 16.8 Å². The van der Waals surface area contributed by atoms with Crippen LogP contribution in [0.25, 0.3) is 5.52 Å². The van der Waals surface area contributed by atoms with Gasteiger partial charge in [-0.15, -0.1) is 0 Å². The summed E-state index contributed by atoms with van der Waals surface area (Å²) in [6.07, 6.45) is 2.24. The zero-order chi connectivity index (χ0) is 11.9. The number of carbonyl (C=O) groups is 1. The molecule has 0 atom stereocenters. The number of hydrogen-bond acceptors (Lipinski definition) is 3. The summed E-state index contributed by atoms with van der Waals surface area (Å²) in [7, 11) is 0. The van der Waals surface area contributed by atoms with E-state index in [1.54, 1.807) is 30.5 Å². The Bertz CT molecular complexity index is 555. The van der Waals surface area contributed by atoms with Crippen LogP contribution in [0.3, 0.4) is 0 Å². The third kappa shape index (κ3) is 1.66. The van der Waals surface area contributed by atoms with Gasteiger partial charge in [-0.05, 0) is 41.9 Å². The SMILES string of the molecule is CC(C)(O)c1c(Br)ccc2c(C=O)cnn12. The number of halogens is 1. The van der Waals surface area contributed by atoms with Crippen molar-refractivity contribution >= 4 is 27.7 Å². The maximum Gasteiger partial charge on any atom is 0.153 e. The maximum atomic E-state index is 10.8. The van der Waals surface area contributed by atoms with Crippen molar-refractivity contribution in [3.05, 3.63) is 34.1 Å². The Balaban J connectivity index is 2.86. The van der Waals surface area contributed by atoms with Crippen molar-refractivity contribution < 1.29 is 9.90 Å². The smallest absolute Gasteiger partial charge is 0.153 e. The van der Waals surface area contributed by atoms with Crippen LogP contribution in [-0.4, -0.2) is 21.0 Å². The standard InChI is InChI=1S/C11H11BrN2O2/c1-11(2,16)10-8(12)3-4-9-7(6-15)5-13-14(9)10/h3-6,16H,1-2H3. The maximum absolute atomic E-state index is 10.8. The normalized spacial score (nSPS) is 12.0. The first-order valence-electron chi connectivity index (χ1n) is 4.79. The fourth-order valence-electron chi connectivity index (χ4n) is 1.69. The minimum Gasteiger partial charge on any atom is -0.384 e. The number of fused-ring (bicyclic) bond motifs is 1. The van der Waals surface area contributed by atoms with Crippen molar-refractivity contribution in [1.29, 1.82) is 0 Å². The first-order chi connectivity index (χ1) is 7.45. The lowest BCUT2D eigenvalue weighted by atomic mass is 10.0. The molecule has 0 fully saturated rings. The molecule has 4 nitrogen and oxygen atoms in total. The molecule has 0 bridgehead atoms. The van der Waals surface area contributed by atoms with Crippen LogP contribution in [0.15, 0.2) is 22.8 Å². The molecule has 0 unspecified atom stereocenters. The second kappa shape index (κ2) is 3.68. The Labute approximate surface area is 101 Å². The van der Waals surface area contributed by atoms with Gasteiger partial charge in [-0.2, -0.15) is 5.10 Å². The van der Waals surface area contributed by atoms with Gasteiger partial charge < -0.3 is 5.11 Å². The lowest BCUT2D eigenvalue weighted by molar-refractivity contribution is 0.0706. The molecule has 0 saturated carbocycles. The molecular formula is C11H11BrN2O2. The summed E-state index contributed by atoms with van der Waals surface area (Å²) in [5.41, 5.74) is 0.788. The lowest BCUT2D eigenvalue weighted by Gasteiger charge is -2.20. The predicted molar refractivity (Wildman–Crippen MR) is 63.5 cm³/mol. The largest absolute Gasteiger partial charge is 0.384 e. The van der Waals surface area contributed by atoms with Gasteiger partial charge in [0.2, 0.25) is 0 Å². The van der Waals surface area contributed by atoms with E-state index in [-0.39, 0.29) is 0 Å². The van der Waals surface area contributed by atoms with Crippen LogP contribution in [0.4, 0.5) is 0 Å². The summed E-state index contributed by atoms with van der Waals surface area (Å²) in [6, 6.07) is 3.59. The van der Waals surface area contributed by atoms with E-state index >= 15 is 0 Å². The molecule has 0 radical (unpaired) electrons. The van der Waals surface area contributed by atoms with Gasteiger partial charge in [0.1, 0.15) is 5.60 Å². The van der Waals surface area contributed by atoms with Crippen LogP contribution in [0, 0.1) is 0 Å². The lowest BCUT2D eigenvalue weighted by Crippen LogP contribution is -2.21. The molecule has 2 rings (SSSR count). The summed E-state index contributed by atoms with van der Waals surface area (Å²) < 4.78 is 2.33. The molecular weight excluding hydrogens is 272 g/mol. The molecule has 16 heavy (non-hydrogen) atoms. The number of aliphatic hydroxyl groups is 1. The van der Waals surface area contributed by atoms with Crippen LogP contribution in [0.2, 0.25) is 0 Å². The molecule has 84 valence electrons. The highest BCUT2D eigenvalue weighted by atomic mass is 79.9. The molecule has 1 N–H and O–H groups in total. The van der Waals surface area contributed by atoms with Crippen LogP contribution < -0.4 is 0 Å². The fraction of sp³-hybridized carbons (Fsp3) is 0.273. The van der Waals surface area contributed by atoms with Crippen LogP contribution in [0.1, 0.15) is 29.9 Å². The first-order valence-corrected chi connectivity index (χ1v) is 5.58. The summed E-state index contributed by atoms with van der Waals surface area (Å²) in [5, 5.41) is 14.2. The zero-order valence-electron chi connectivity index (χ0n) is 8.94. The predicted octanol–water partition coefficient (Wildman–Crippen LogP) is 2.14. The Morgan fingerprint density at radius 3 is 2.75 bits per heavy atom. The van der Waals surface area contributed by atoms with Gasteiger partial charge in [0.15, 0.2) is 6.29 Å². The van der Waals surface area contributed by atoms with Gasteiger partial charge in [0.25, 0.3) is 0 Å². The zero-order valence-corrected chi connectivity index (χ0v) is 10.5. The molecule has 2 aromatic heterocycles.